The van der Waals surface area contributed by atoms with E-state index in [0.717, 1.165) is 12.1 Å². The highest BCUT2D eigenvalue weighted by atomic mass is 35.5. The van der Waals surface area contributed by atoms with Crippen molar-refractivity contribution >= 4 is 49.1 Å². The minimum atomic E-state index is -4.27. The first-order chi connectivity index (χ1) is 13.9. The van der Waals surface area contributed by atoms with E-state index in [1.807, 2.05) is 0 Å². The summed E-state index contributed by atoms with van der Waals surface area (Å²) >= 11 is 5.95. The molecule has 14 heteroatoms. The van der Waals surface area contributed by atoms with Crippen molar-refractivity contribution in [3.8, 4) is 0 Å². The van der Waals surface area contributed by atoms with Crippen molar-refractivity contribution in [2.75, 3.05) is 23.4 Å². The molecule has 0 saturated carbocycles. The second-order valence-electron chi connectivity index (χ2n) is 5.93. The summed E-state index contributed by atoms with van der Waals surface area (Å²) in [7, 11) is -8.26. The predicted octanol–water partition coefficient (Wildman–Crippen LogP) is 0.849. The Kier molecular flexibility index (Phi) is 7.47. The van der Waals surface area contributed by atoms with Gasteiger partial charge in [0.1, 0.15) is 23.0 Å². The molecule has 0 bridgehead atoms. The van der Waals surface area contributed by atoms with Crippen LogP contribution in [0.2, 0.25) is 5.02 Å². The topological polar surface area (TPSA) is 183 Å². The van der Waals surface area contributed by atoms with Gasteiger partial charge >= 0.3 is 11.9 Å². The minimum absolute atomic E-state index is 0.0854. The largest absolute Gasteiger partial charge is 0.480 e. The fourth-order valence-corrected chi connectivity index (χ4v) is 4.24. The number of nitrogens with one attached hydrogen (secondary N) is 1. The van der Waals surface area contributed by atoms with Gasteiger partial charge in [-0.15, -0.1) is 0 Å². The number of ether oxygens (including phenoxy) is 1. The van der Waals surface area contributed by atoms with Gasteiger partial charge in [-0.1, -0.05) is 11.6 Å². The third kappa shape index (κ3) is 6.73. The van der Waals surface area contributed by atoms with Crippen molar-refractivity contribution in [2.24, 2.45) is 5.14 Å². The molecule has 1 aromatic carbocycles. The molecule has 164 valence electrons. The van der Waals surface area contributed by atoms with E-state index in [9.17, 15) is 26.4 Å². The molecule has 1 aromatic heterocycles. The number of carboxylic acids is 1. The van der Waals surface area contributed by atoms with Crippen LogP contribution in [0.3, 0.4) is 0 Å². The van der Waals surface area contributed by atoms with Gasteiger partial charge in [0.05, 0.1) is 34.8 Å². The molecule has 0 radical (unpaired) electrons. The molecule has 0 aliphatic rings. The number of carboxylic acid groups (broad SMARTS) is 1. The van der Waals surface area contributed by atoms with Gasteiger partial charge < -0.3 is 19.6 Å². The summed E-state index contributed by atoms with van der Waals surface area (Å²) in [5.74, 6) is -3.95. The summed E-state index contributed by atoms with van der Waals surface area (Å²) in [6.45, 7) is -0.523. The lowest BCUT2D eigenvalue weighted by Crippen LogP contribution is -2.22. The van der Waals surface area contributed by atoms with Crippen LogP contribution in [0.15, 0.2) is 39.8 Å². The monoisotopic (exact) mass is 480 g/mol. The van der Waals surface area contributed by atoms with Gasteiger partial charge in [0.25, 0.3) is 0 Å². The number of furan rings is 1. The first-order valence-corrected chi connectivity index (χ1v) is 11.9. The molecule has 4 N–H and O–H groups in total. The van der Waals surface area contributed by atoms with Crippen LogP contribution in [0, 0.1) is 0 Å². The normalized spacial score (nSPS) is 11.8. The number of benzene rings is 1. The van der Waals surface area contributed by atoms with Gasteiger partial charge in [0.15, 0.2) is 9.84 Å². The van der Waals surface area contributed by atoms with Crippen LogP contribution < -0.4 is 10.5 Å². The number of carbonyl (C=O) groups excluding carboxylic acids is 1. The van der Waals surface area contributed by atoms with Crippen LogP contribution in [-0.2, 0) is 35.9 Å². The number of rotatable bonds is 10. The quantitative estimate of drug-likeness (QED) is 0.412. The lowest BCUT2D eigenvalue weighted by Gasteiger charge is -2.14. The number of aliphatic carboxylic acids is 1. The molecule has 2 aromatic rings. The Morgan fingerprint density at radius 2 is 1.93 bits per heavy atom. The number of sulfone groups is 1. The van der Waals surface area contributed by atoms with Crippen molar-refractivity contribution in [3.05, 3.63) is 46.9 Å². The zero-order valence-electron chi connectivity index (χ0n) is 15.2. The molecule has 2 rings (SSSR count). The minimum Gasteiger partial charge on any atom is -0.480 e. The molecular formula is C16H17ClN2O9S2. The zero-order valence-corrected chi connectivity index (χ0v) is 17.6. The van der Waals surface area contributed by atoms with E-state index in [-0.39, 0.29) is 22.8 Å². The Balaban J connectivity index is 2.25. The fourth-order valence-electron chi connectivity index (χ4n) is 2.28. The summed E-state index contributed by atoms with van der Waals surface area (Å²) in [6, 6.07) is 5.34. The number of esters is 1. The summed E-state index contributed by atoms with van der Waals surface area (Å²) in [5, 5.41) is 16.2. The van der Waals surface area contributed by atoms with E-state index in [4.69, 9.17) is 31.0 Å². The lowest BCUT2D eigenvalue weighted by atomic mass is 10.1. The van der Waals surface area contributed by atoms with Crippen molar-refractivity contribution < 1.29 is 40.7 Å². The smallest absolute Gasteiger partial charge is 0.340 e. The first-order valence-electron chi connectivity index (χ1n) is 8.11. The van der Waals surface area contributed by atoms with Crippen LogP contribution in [0.4, 0.5) is 5.69 Å². The SMILES string of the molecule is NS(=O)(=O)c1cc(C(=O)OCCS(=O)(=O)CC(=O)O)c(NCc2ccco2)cc1Cl. The number of sulfonamides is 1. The van der Waals surface area contributed by atoms with E-state index < -0.39 is 54.8 Å². The molecule has 0 aliphatic carbocycles. The molecule has 11 nitrogen and oxygen atoms in total. The highest BCUT2D eigenvalue weighted by molar-refractivity contribution is 7.92. The molecule has 1 heterocycles. The van der Waals surface area contributed by atoms with Gasteiger partial charge in [-0.25, -0.2) is 26.8 Å². The highest BCUT2D eigenvalue weighted by Gasteiger charge is 2.23. The van der Waals surface area contributed by atoms with Gasteiger partial charge in [0.2, 0.25) is 10.0 Å². The van der Waals surface area contributed by atoms with E-state index in [1.54, 1.807) is 12.1 Å². The van der Waals surface area contributed by atoms with Crippen molar-refractivity contribution in [1.82, 2.24) is 0 Å². The molecule has 30 heavy (non-hydrogen) atoms. The highest BCUT2D eigenvalue weighted by Crippen LogP contribution is 2.29. The lowest BCUT2D eigenvalue weighted by molar-refractivity contribution is -0.134. The average Bonchev–Trinajstić information content (AvgIpc) is 3.10. The van der Waals surface area contributed by atoms with Crippen molar-refractivity contribution in [1.29, 1.82) is 0 Å². The molecular weight excluding hydrogens is 464 g/mol. The summed E-state index contributed by atoms with van der Waals surface area (Å²) in [4.78, 5) is 22.4. The number of carbonyl (C=O) groups is 2. The van der Waals surface area contributed by atoms with Gasteiger partial charge in [-0.2, -0.15) is 0 Å². The van der Waals surface area contributed by atoms with E-state index in [0.29, 0.717) is 5.76 Å². The van der Waals surface area contributed by atoms with E-state index in [2.05, 4.69) is 5.32 Å². The number of hydrogen-bond donors (Lipinski definition) is 3. The molecule has 0 atom stereocenters. The number of hydrogen-bond acceptors (Lipinski definition) is 9. The average molecular weight is 481 g/mol. The third-order valence-corrected chi connectivity index (χ3v) is 6.45. The molecule has 0 unspecified atom stereocenters. The van der Waals surface area contributed by atoms with Crippen LogP contribution in [0.5, 0.6) is 0 Å². The van der Waals surface area contributed by atoms with Crippen molar-refractivity contribution in [3.63, 3.8) is 0 Å². The number of halogens is 1. The van der Waals surface area contributed by atoms with Crippen LogP contribution >= 0.6 is 11.6 Å². The predicted molar refractivity (Wildman–Crippen MR) is 105 cm³/mol. The maximum absolute atomic E-state index is 12.4. The standard InChI is InChI=1S/C16H17ClN2O9S2/c17-12-7-13(19-8-10-2-1-3-27-10)11(6-14(12)30(18,25)26)16(22)28-4-5-29(23,24)9-15(20)21/h1-3,6-7,19H,4-5,8-9H2,(H,20,21)(H2,18,25,26). The summed E-state index contributed by atoms with van der Waals surface area (Å²) in [5.41, 5.74) is -0.187. The Morgan fingerprint density at radius 3 is 2.50 bits per heavy atom. The molecule has 0 saturated heterocycles. The van der Waals surface area contributed by atoms with Gasteiger partial charge in [-0.05, 0) is 24.3 Å². The van der Waals surface area contributed by atoms with E-state index in [1.165, 1.54) is 6.26 Å². The number of nitrogens with two attached hydrogens (primary N) is 1. The molecule has 0 aliphatic heterocycles. The third-order valence-electron chi connectivity index (χ3n) is 3.60. The Morgan fingerprint density at radius 1 is 1.23 bits per heavy atom. The second-order valence-corrected chi connectivity index (χ2v) is 10.0. The first kappa shape index (κ1) is 23.7. The maximum Gasteiger partial charge on any atom is 0.340 e. The number of primary sulfonamides is 1. The Bertz CT molecular complexity index is 1140. The van der Waals surface area contributed by atoms with Crippen LogP contribution in [0.1, 0.15) is 16.1 Å². The summed E-state index contributed by atoms with van der Waals surface area (Å²) < 4.78 is 56.6. The van der Waals surface area contributed by atoms with Crippen molar-refractivity contribution in [2.45, 2.75) is 11.4 Å². The second kappa shape index (κ2) is 9.47. The molecule has 0 spiro atoms. The Hall–Kier alpha value is -2.61. The Labute approximate surface area is 176 Å². The zero-order chi connectivity index (χ0) is 22.5. The van der Waals surface area contributed by atoms with E-state index >= 15 is 0 Å². The van der Waals surface area contributed by atoms with Crippen LogP contribution in [-0.4, -0.2) is 52.0 Å². The van der Waals surface area contributed by atoms with Crippen LogP contribution in [0.25, 0.3) is 0 Å². The fraction of sp³-hybridized carbons (Fsp3) is 0.250. The number of anilines is 1. The summed E-state index contributed by atoms with van der Waals surface area (Å²) in [6.07, 6.45) is 1.43. The molecule has 0 amide bonds. The van der Waals surface area contributed by atoms with Gasteiger partial charge in [-0.3, -0.25) is 4.79 Å². The van der Waals surface area contributed by atoms with Gasteiger partial charge in [0, 0.05) is 0 Å². The maximum atomic E-state index is 12.4. The molecule has 0 fully saturated rings.